The molecule has 2 aliphatic carbocycles. The Kier molecular flexibility index (Phi) is 5.70. The predicted octanol–water partition coefficient (Wildman–Crippen LogP) is 5.44. The highest BCUT2D eigenvalue weighted by Crippen LogP contribution is 2.48. The van der Waals surface area contributed by atoms with Crippen molar-refractivity contribution in [3.8, 4) is 0 Å². The highest BCUT2D eigenvalue weighted by Gasteiger charge is 2.45. The van der Waals surface area contributed by atoms with Crippen molar-refractivity contribution < 1.29 is 18.3 Å². The molecule has 0 heterocycles. The number of hydrogen-bond donors (Lipinski definition) is 0. The van der Waals surface area contributed by atoms with Gasteiger partial charge >= 0.3 is 5.97 Å². The standard InChI is InChI=1S/C12H13FO2.C10H11F/c1-2-15-12(14)11-7-10(11)8-3-5-9(13)6-4-8;1-7-6-9(7)8-4-2-3-5-10(8)11/h3-6,10-11H,2,7H2,1H3;2-5,7,9H,6H2,1H3/t10-,11+;7-,9-/m01/s1. The van der Waals surface area contributed by atoms with Crippen LogP contribution in [0.1, 0.15) is 49.7 Å². The topological polar surface area (TPSA) is 26.3 Å². The summed E-state index contributed by atoms with van der Waals surface area (Å²) < 4.78 is 30.6. The number of benzene rings is 2. The van der Waals surface area contributed by atoms with E-state index in [-0.39, 0.29) is 29.4 Å². The van der Waals surface area contributed by atoms with Gasteiger partial charge in [-0.05, 0) is 66.8 Å². The van der Waals surface area contributed by atoms with E-state index in [1.165, 1.54) is 12.1 Å². The summed E-state index contributed by atoms with van der Waals surface area (Å²) in [6.07, 6.45) is 1.98. The van der Waals surface area contributed by atoms with Crippen molar-refractivity contribution >= 4 is 5.97 Å². The Bertz CT molecular complexity index is 757. The van der Waals surface area contributed by atoms with Crippen LogP contribution in [-0.4, -0.2) is 12.6 Å². The molecular weight excluding hydrogens is 334 g/mol. The van der Waals surface area contributed by atoms with Gasteiger partial charge in [0.05, 0.1) is 12.5 Å². The fourth-order valence-corrected chi connectivity index (χ4v) is 3.31. The Hall–Kier alpha value is -2.23. The van der Waals surface area contributed by atoms with E-state index in [2.05, 4.69) is 6.92 Å². The Morgan fingerprint density at radius 3 is 2.27 bits per heavy atom. The van der Waals surface area contributed by atoms with Crippen molar-refractivity contribution in [3.63, 3.8) is 0 Å². The van der Waals surface area contributed by atoms with E-state index < -0.39 is 0 Å². The van der Waals surface area contributed by atoms with Crippen molar-refractivity contribution in [1.82, 2.24) is 0 Å². The zero-order valence-electron chi connectivity index (χ0n) is 15.1. The van der Waals surface area contributed by atoms with E-state index >= 15 is 0 Å². The lowest BCUT2D eigenvalue weighted by molar-refractivity contribution is -0.144. The number of carbonyl (C=O) groups excluding carboxylic acids is 1. The van der Waals surface area contributed by atoms with Crippen molar-refractivity contribution in [3.05, 3.63) is 71.3 Å². The van der Waals surface area contributed by atoms with Crippen LogP contribution in [0.3, 0.4) is 0 Å². The minimum atomic E-state index is -0.243. The van der Waals surface area contributed by atoms with Crippen LogP contribution < -0.4 is 0 Å². The monoisotopic (exact) mass is 358 g/mol. The molecule has 0 spiro atoms. The lowest BCUT2D eigenvalue weighted by Gasteiger charge is -2.01. The van der Waals surface area contributed by atoms with Gasteiger partial charge in [0.25, 0.3) is 0 Å². The van der Waals surface area contributed by atoms with E-state index in [9.17, 15) is 13.6 Å². The first-order chi connectivity index (χ1) is 12.5. The van der Waals surface area contributed by atoms with Crippen LogP contribution in [0, 0.1) is 23.5 Å². The molecule has 4 rings (SSSR count). The molecule has 2 fully saturated rings. The summed E-state index contributed by atoms with van der Waals surface area (Å²) in [5.74, 6) is 0.976. The van der Waals surface area contributed by atoms with Crippen molar-refractivity contribution in [2.75, 3.05) is 6.61 Å². The molecule has 0 aromatic heterocycles. The number of esters is 1. The zero-order valence-corrected chi connectivity index (χ0v) is 15.1. The predicted molar refractivity (Wildman–Crippen MR) is 96.8 cm³/mol. The van der Waals surface area contributed by atoms with Crippen LogP contribution in [0.2, 0.25) is 0 Å². The normalized spacial score (nSPS) is 25.7. The minimum absolute atomic E-state index is 0.0181. The van der Waals surface area contributed by atoms with Crippen molar-refractivity contribution in [1.29, 1.82) is 0 Å². The SMILES string of the molecule is CCOC(=O)[C@@H]1C[C@H]1c1ccc(F)cc1.C[C@@H]1C[C@H]1c1ccccc1F. The third-order valence-electron chi connectivity index (χ3n) is 5.09. The molecular formula is C22H24F2O2. The Morgan fingerprint density at radius 1 is 1.04 bits per heavy atom. The maximum atomic E-state index is 13.1. The average molecular weight is 358 g/mol. The quantitative estimate of drug-likeness (QED) is 0.680. The molecule has 2 saturated carbocycles. The van der Waals surface area contributed by atoms with Gasteiger partial charge in [-0.3, -0.25) is 4.79 Å². The fraction of sp³-hybridized carbons (Fsp3) is 0.409. The summed E-state index contributed by atoms with van der Waals surface area (Å²) in [5.41, 5.74) is 1.93. The van der Waals surface area contributed by atoms with Gasteiger partial charge in [-0.15, -0.1) is 0 Å². The molecule has 0 amide bonds. The fourth-order valence-electron chi connectivity index (χ4n) is 3.31. The molecule has 26 heavy (non-hydrogen) atoms. The highest BCUT2D eigenvalue weighted by atomic mass is 19.1. The number of hydrogen-bond acceptors (Lipinski definition) is 2. The second kappa shape index (κ2) is 7.98. The first-order valence-corrected chi connectivity index (χ1v) is 9.17. The summed E-state index contributed by atoms with van der Waals surface area (Å²) >= 11 is 0. The Labute approximate surface area is 153 Å². The maximum absolute atomic E-state index is 13.1. The second-order valence-electron chi connectivity index (χ2n) is 7.09. The number of carbonyl (C=O) groups is 1. The molecule has 4 atom stereocenters. The molecule has 0 saturated heterocycles. The number of ether oxygens (including phenoxy) is 1. The Balaban J connectivity index is 0.000000158. The van der Waals surface area contributed by atoms with Gasteiger partial charge in [0.1, 0.15) is 11.6 Å². The van der Waals surface area contributed by atoms with Crippen LogP contribution >= 0.6 is 0 Å². The summed E-state index contributed by atoms with van der Waals surface area (Å²) in [7, 11) is 0. The molecule has 2 aliphatic rings. The summed E-state index contributed by atoms with van der Waals surface area (Å²) in [6.45, 7) is 4.38. The van der Waals surface area contributed by atoms with Gasteiger partial charge in [0.2, 0.25) is 0 Å². The Morgan fingerprint density at radius 2 is 1.69 bits per heavy atom. The molecule has 2 nitrogen and oxygen atoms in total. The van der Waals surface area contributed by atoms with Gasteiger partial charge in [0, 0.05) is 0 Å². The van der Waals surface area contributed by atoms with Gasteiger partial charge < -0.3 is 4.74 Å². The van der Waals surface area contributed by atoms with Gasteiger partial charge in [0.15, 0.2) is 0 Å². The van der Waals surface area contributed by atoms with Crippen LogP contribution in [0.15, 0.2) is 48.5 Å². The van der Waals surface area contributed by atoms with E-state index in [1.807, 2.05) is 12.1 Å². The van der Waals surface area contributed by atoms with Crippen LogP contribution in [0.4, 0.5) is 8.78 Å². The molecule has 4 heteroatoms. The zero-order chi connectivity index (χ0) is 18.7. The third-order valence-corrected chi connectivity index (χ3v) is 5.09. The smallest absolute Gasteiger partial charge is 0.309 e. The van der Waals surface area contributed by atoms with E-state index in [0.717, 1.165) is 24.0 Å². The number of rotatable bonds is 4. The lowest BCUT2D eigenvalue weighted by atomic mass is 10.1. The van der Waals surface area contributed by atoms with E-state index in [4.69, 9.17) is 4.74 Å². The average Bonchev–Trinajstić information content (AvgIpc) is 3.53. The van der Waals surface area contributed by atoms with Crippen LogP contribution in [0.25, 0.3) is 0 Å². The van der Waals surface area contributed by atoms with E-state index in [1.54, 1.807) is 31.2 Å². The highest BCUT2D eigenvalue weighted by molar-refractivity contribution is 5.77. The first-order valence-electron chi connectivity index (χ1n) is 9.17. The van der Waals surface area contributed by atoms with Crippen LogP contribution in [0.5, 0.6) is 0 Å². The van der Waals surface area contributed by atoms with Crippen molar-refractivity contribution in [2.24, 2.45) is 11.8 Å². The molecule has 2 aromatic carbocycles. The summed E-state index contributed by atoms with van der Waals surface area (Å²) in [6, 6.07) is 13.4. The molecule has 2 aromatic rings. The second-order valence-corrected chi connectivity index (χ2v) is 7.09. The van der Waals surface area contributed by atoms with Crippen molar-refractivity contribution in [2.45, 2.75) is 38.5 Å². The largest absolute Gasteiger partial charge is 0.466 e. The molecule has 0 unspecified atom stereocenters. The maximum Gasteiger partial charge on any atom is 0.309 e. The van der Waals surface area contributed by atoms with Gasteiger partial charge in [-0.2, -0.15) is 0 Å². The number of halogens is 2. The molecule has 0 bridgehead atoms. The van der Waals surface area contributed by atoms with Crippen LogP contribution in [-0.2, 0) is 9.53 Å². The minimum Gasteiger partial charge on any atom is -0.466 e. The van der Waals surface area contributed by atoms with E-state index in [0.29, 0.717) is 18.4 Å². The summed E-state index contributed by atoms with van der Waals surface area (Å²) in [5, 5.41) is 0. The third kappa shape index (κ3) is 4.48. The van der Waals surface area contributed by atoms with Gasteiger partial charge in [-0.1, -0.05) is 37.3 Å². The van der Waals surface area contributed by atoms with Gasteiger partial charge in [-0.25, -0.2) is 8.78 Å². The molecule has 0 radical (unpaired) electrons. The summed E-state index contributed by atoms with van der Waals surface area (Å²) in [4.78, 5) is 11.4. The molecule has 138 valence electrons. The lowest BCUT2D eigenvalue weighted by Crippen LogP contribution is -2.07. The first kappa shape index (κ1) is 18.6. The molecule has 0 aliphatic heterocycles. The molecule has 0 N–H and O–H groups in total.